The molecule has 1 aliphatic heterocycles. The number of unbranched alkanes of at least 4 members (excludes halogenated alkanes) is 1. The van der Waals surface area contributed by atoms with E-state index in [0.29, 0.717) is 11.2 Å². The van der Waals surface area contributed by atoms with Crippen LogP contribution in [-0.4, -0.2) is 22.1 Å². The number of hydrogen-bond donors (Lipinski definition) is 0. The maximum Gasteiger partial charge on any atom is 0.306 e. The molecule has 0 radical (unpaired) electrons. The van der Waals surface area contributed by atoms with Gasteiger partial charge in [0.2, 0.25) is 0 Å². The lowest BCUT2D eigenvalue weighted by molar-refractivity contribution is -0.156. The molecule has 0 N–H and O–H groups in total. The van der Waals surface area contributed by atoms with Gasteiger partial charge in [0, 0.05) is 23.3 Å². The number of esters is 1. The van der Waals surface area contributed by atoms with Crippen LogP contribution in [0, 0.1) is 0 Å². The Morgan fingerprint density at radius 1 is 1.40 bits per heavy atom. The van der Waals surface area contributed by atoms with Gasteiger partial charge in [-0.25, -0.2) is 0 Å². The van der Waals surface area contributed by atoms with Crippen LogP contribution >= 0.6 is 21.6 Å². The van der Waals surface area contributed by atoms with Gasteiger partial charge < -0.3 is 4.74 Å². The summed E-state index contributed by atoms with van der Waals surface area (Å²) in [6.45, 7) is 12.1. The number of carbonyl (C=O) groups excluding carboxylic acids is 1. The molecule has 1 aliphatic rings. The van der Waals surface area contributed by atoms with Crippen molar-refractivity contribution in [3.8, 4) is 0 Å². The van der Waals surface area contributed by atoms with E-state index in [-0.39, 0.29) is 5.97 Å². The van der Waals surface area contributed by atoms with Crippen LogP contribution in [0.4, 0.5) is 0 Å². The Bertz CT molecular complexity index is 344. The second-order valence-electron chi connectivity index (χ2n) is 6.68. The fraction of sp³-hybridized carbons (Fsp3) is 0.812. The predicted molar refractivity (Wildman–Crippen MR) is 91.1 cm³/mol. The monoisotopic (exact) mass is 316 g/mol. The summed E-state index contributed by atoms with van der Waals surface area (Å²) in [5, 5.41) is 0. The van der Waals surface area contributed by atoms with E-state index in [9.17, 15) is 4.79 Å². The van der Waals surface area contributed by atoms with Gasteiger partial charge in [-0.15, -0.1) is 0 Å². The van der Waals surface area contributed by atoms with E-state index >= 15 is 0 Å². The zero-order chi connectivity index (χ0) is 15.2. The van der Waals surface area contributed by atoms with Gasteiger partial charge in [-0.3, -0.25) is 4.79 Å². The Morgan fingerprint density at radius 2 is 2.10 bits per heavy atom. The topological polar surface area (TPSA) is 26.3 Å². The minimum Gasteiger partial charge on any atom is -0.459 e. The van der Waals surface area contributed by atoms with Gasteiger partial charge in [0.1, 0.15) is 5.60 Å². The number of ether oxygens (including phenoxy) is 1. The van der Waals surface area contributed by atoms with E-state index in [0.717, 1.165) is 24.8 Å². The minimum atomic E-state index is -0.424. The van der Waals surface area contributed by atoms with Gasteiger partial charge in [0.25, 0.3) is 0 Å². The molecule has 4 heteroatoms. The van der Waals surface area contributed by atoms with Crippen LogP contribution in [0.3, 0.4) is 0 Å². The molecule has 0 unspecified atom stereocenters. The molecule has 0 aromatic heterocycles. The smallest absolute Gasteiger partial charge is 0.306 e. The highest BCUT2D eigenvalue weighted by Crippen LogP contribution is 2.49. The standard InChI is InChI=1S/C16H28O2S2/c1-13(2)12-15(3,4)18-14(17)8-6-7-9-16(5)10-11-19-20-16/h1,6-12H2,2-5H3/t16-/m1/s1. The van der Waals surface area contributed by atoms with Crippen LogP contribution in [0.15, 0.2) is 12.2 Å². The maximum atomic E-state index is 11.9. The summed E-state index contributed by atoms with van der Waals surface area (Å²) in [6, 6.07) is 0. The van der Waals surface area contributed by atoms with Crippen LogP contribution in [0.25, 0.3) is 0 Å². The molecular weight excluding hydrogens is 288 g/mol. The highest BCUT2D eigenvalue weighted by Gasteiger charge is 2.29. The molecule has 0 aromatic rings. The third-order valence-electron chi connectivity index (χ3n) is 3.43. The van der Waals surface area contributed by atoms with Gasteiger partial charge in [-0.2, -0.15) is 0 Å². The summed E-state index contributed by atoms with van der Waals surface area (Å²) in [4.78, 5) is 11.9. The second-order valence-corrected chi connectivity index (χ2v) is 9.68. The van der Waals surface area contributed by atoms with Crippen molar-refractivity contribution in [3.63, 3.8) is 0 Å². The van der Waals surface area contributed by atoms with Gasteiger partial charge in [-0.1, -0.05) is 40.2 Å². The van der Waals surface area contributed by atoms with Crippen LogP contribution < -0.4 is 0 Å². The first kappa shape index (κ1) is 18.0. The molecule has 1 rings (SSSR count). The summed E-state index contributed by atoms with van der Waals surface area (Å²) in [5.41, 5.74) is 0.624. The van der Waals surface area contributed by atoms with Crippen molar-refractivity contribution in [1.82, 2.24) is 0 Å². The van der Waals surface area contributed by atoms with Gasteiger partial charge in [0.05, 0.1) is 0 Å². The zero-order valence-corrected chi connectivity index (χ0v) is 14.9. The molecule has 0 spiro atoms. The van der Waals surface area contributed by atoms with Crippen molar-refractivity contribution >= 4 is 27.6 Å². The molecule has 2 nitrogen and oxygen atoms in total. The molecule has 1 fully saturated rings. The SMILES string of the molecule is C=C(C)CC(C)(C)OC(=O)CCCC[C@]1(C)CCSS1. The van der Waals surface area contributed by atoms with Gasteiger partial charge >= 0.3 is 5.97 Å². The molecule has 1 saturated heterocycles. The lowest BCUT2D eigenvalue weighted by atomic mass is 9.99. The first-order valence-corrected chi connectivity index (χ1v) is 9.71. The quantitative estimate of drug-likeness (QED) is 0.260. The average molecular weight is 317 g/mol. The Labute approximate surface area is 131 Å². The molecular formula is C16H28O2S2. The first-order valence-electron chi connectivity index (χ1n) is 7.39. The van der Waals surface area contributed by atoms with Crippen LogP contribution in [0.2, 0.25) is 0 Å². The molecule has 0 aromatic carbocycles. The fourth-order valence-corrected chi connectivity index (χ4v) is 5.84. The largest absolute Gasteiger partial charge is 0.459 e. The average Bonchev–Trinajstić information content (AvgIpc) is 2.69. The van der Waals surface area contributed by atoms with Crippen molar-refractivity contribution in [2.75, 3.05) is 5.75 Å². The Balaban J connectivity index is 2.18. The molecule has 20 heavy (non-hydrogen) atoms. The Morgan fingerprint density at radius 3 is 2.65 bits per heavy atom. The third-order valence-corrected chi connectivity index (χ3v) is 6.79. The van der Waals surface area contributed by atoms with E-state index < -0.39 is 5.60 Å². The molecule has 0 bridgehead atoms. The summed E-state index contributed by atoms with van der Waals surface area (Å²) in [5.74, 6) is 1.19. The molecule has 0 amide bonds. The van der Waals surface area contributed by atoms with Gasteiger partial charge in [0.15, 0.2) is 0 Å². The molecule has 116 valence electrons. The van der Waals surface area contributed by atoms with E-state index in [4.69, 9.17) is 4.74 Å². The van der Waals surface area contributed by atoms with E-state index in [2.05, 4.69) is 13.5 Å². The zero-order valence-electron chi connectivity index (χ0n) is 13.3. The number of rotatable bonds is 8. The number of hydrogen-bond acceptors (Lipinski definition) is 4. The third kappa shape index (κ3) is 7.07. The highest BCUT2D eigenvalue weighted by atomic mass is 33.1. The van der Waals surface area contributed by atoms with E-state index in [1.165, 1.54) is 18.6 Å². The van der Waals surface area contributed by atoms with Gasteiger partial charge in [-0.05, 0) is 47.0 Å². The summed E-state index contributed by atoms with van der Waals surface area (Å²) in [6.07, 6.45) is 5.80. The summed E-state index contributed by atoms with van der Waals surface area (Å²) >= 11 is 0. The van der Waals surface area contributed by atoms with E-state index in [1.54, 1.807) is 0 Å². The van der Waals surface area contributed by atoms with Crippen LogP contribution in [-0.2, 0) is 9.53 Å². The molecule has 1 atom stereocenters. The highest BCUT2D eigenvalue weighted by molar-refractivity contribution is 8.77. The summed E-state index contributed by atoms with van der Waals surface area (Å²) < 4.78 is 5.96. The fourth-order valence-electron chi connectivity index (χ4n) is 2.54. The van der Waals surface area contributed by atoms with Crippen molar-refractivity contribution in [3.05, 3.63) is 12.2 Å². The summed E-state index contributed by atoms with van der Waals surface area (Å²) in [7, 11) is 3.99. The molecule has 1 heterocycles. The normalized spacial score (nSPS) is 22.8. The molecule has 0 saturated carbocycles. The van der Waals surface area contributed by atoms with Crippen molar-refractivity contribution in [2.24, 2.45) is 0 Å². The Hall–Kier alpha value is -0.0900. The lowest BCUT2D eigenvalue weighted by Gasteiger charge is -2.25. The Kier molecular flexibility index (Phi) is 6.99. The maximum absolute atomic E-state index is 11.9. The van der Waals surface area contributed by atoms with Crippen LogP contribution in [0.5, 0.6) is 0 Å². The molecule has 0 aliphatic carbocycles. The minimum absolute atomic E-state index is 0.0742. The lowest BCUT2D eigenvalue weighted by Crippen LogP contribution is -2.28. The van der Waals surface area contributed by atoms with E-state index in [1.807, 2.05) is 42.4 Å². The van der Waals surface area contributed by atoms with Crippen LogP contribution in [0.1, 0.15) is 66.2 Å². The second kappa shape index (κ2) is 7.79. The van der Waals surface area contributed by atoms with Crippen molar-refractivity contribution in [1.29, 1.82) is 0 Å². The number of carbonyl (C=O) groups is 1. The first-order chi connectivity index (χ1) is 9.22. The van der Waals surface area contributed by atoms with Crippen molar-refractivity contribution in [2.45, 2.75) is 76.6 Å². The predicted octanol–water partition coefficient (Wildman–Crippen LogP) is 5.38. The van der Waals surface area contributed by atoms with Crippen molar-refractivity contribution < 1.29 is 9.53 Å².